The monoisotopic (exact) mass is 376 g/mol. The summed E-state index contributed by atoms with van der Waals surface area (Å²) in [5.74, 6) is -0.299. The topological polar surface area (TPSA) is 72.2 Å². The maximum Gasteiger partial charge on any atom is 0.293 e. The Bertz CT molecular complexity index is 573. The minimum atomic E-state index is -0.434. The molecule has 0 radical (unpaired) electrons. The van der Waals surface area contributed by atoms with Gasteiger partial charge >= 0.3 is 0 Å². The molecule has 0 aliphatic carbocycles. The second kappa shape index (κ2) is 14.2. The minimum absolute atomic E-state index is 0.0263. The highest BCUT2D eigenvalue weighted by Crippen LogP contribution is 2.26. The van der Waals surface area contributed by atoms with Crippen LogP contribution in [0.25, 0.3) is 0 Å². The second-order valence-corrected chi connectivity index (χ2v) is 7.43. The van der Waals surface area contributed by atoms with Crippen molar-refractivity contribution in [2.75, 3.05) is 5.32 Å². The molecule has 0 bridgehead atoms. The standard InChI is InChI=1S/C22H36N2O3/c1-3-4-5-6-7-8-9-10-11-12-13-14-15-20-16-17-21(23-19(2)25)22(18-20)24(26)27/h16-18H,3-15H2,1-2H3,(H,23,25). The highest BCUT2D eigenvalue weighted by atomic mass is 16.6. The van der Waals surface area contributed by atoms with Crippen molar-refractivity contribution in [1.82, 2.24) is 0 Å². The van der Waals surface area contributed by atoms with E-state index < -0.39 is 4.92 Å². The van der Waals surface area contributed by atoms with Crippen LogP contribution in [-0.2, 0) is 11.2 Å². The Morgan fingerprint density at radius 2 is 1.44 bits per heavy atom. The number of hydrogen-bond donors (Lipinski definition) is 1. The quantitative estimate of drug-likeness (QED) is 0.208. The fourth-order valence-corrected chi connectivity index (χ4v) is 3.35. The number of carbonyl (C=O) groups is 1. The molecule has 0 saturated heterocycles. The average molecular weight is 377 g/mol. The Morgan fingerprint density at radius 1 is 0.926 bits per heavy atom. The molecule has 1 aromatic carbocycles. The van der Waals surface area contributed by atoms with Crippen molar-refractivity contribution in [2.45, 2.75) is 97.3 Å². The summed E-state index contributed by atoms with van der Waals surface area (Å²) in [5.41, 5.74) is 1.20. The maximum atomic E-state index is 11.2. The van der Waals surface area contributed by atoms with Gasteiger partial charge in [0, 0.05) is 13.0 Å². The third-order valence-corrected chi connectivity index (χ3v) is 4.89. The number of anilines is 1. The van der Waals surface area contributed by atoms with Gasteiger partial charge in [0.05, 0.1) is 4.92 Å². The van der Waals surface area contributed by atoms with Crippen molar-refractivity contribution in [3.8, 4) is 0 Å². The van der Waals surface area contributed by atoms with Crippen LogP contribution in [0.3, 0.4) is 0 Å². The van der Waals surface area contributed by atoms with Crippen molar-refractivity contribution in [2.24, 2.45) is 0 Å². The number of hydrogen-bond acceptors (Lipinski definition) is 3. The molecule has 0 saturated carbocycles. The summed E-state index contributed by atoms with van der Waals surface area (Å²) >= 11 is 0. The summed E-state index contributed by atoms with van der Waals surface area (Å²) < 4.78 is 0. The number of rotatable bonds is 15. The van der Waals surface area contributed by atoms with Crippen LogP contribution in [0.2, 0.25) is 0 Å². The summed E-state index contributed by atoms with van der Waals surface area (Å²) in [6, 6.07) is 5.09. The van der Waals surface area contributed by atoms with Gasteiger partial charge in [0.2, 0.25) is 5.91 Å². The molecule has 1 N–H and O–H groups in total. The number of nitrogens with one attached hydrogen (secondary N) is 1. The molecule has 0 spiro atoms. The van der Waals surface area contributed by atoms with Gasteiger partial charge in [-0.2, -0.15) is 0 Å². The largest absolute Gasteiger partial charge is 0.321 e. The van der Waals surface area contributed by atoms with E-state index in [-0.39, 0.29) is 17.3 Å². The molecule has 5 heteroatoms. The van der Waals surface area contributed by atoms with E-state index in [0.29, 0.717) is 0 Å². The highest BCUT2D eigenvalue weighted by Gasteiger charge is 2.15. The molecule has 0 atom stereocenters. The van der Waals surface area contributed by atoms with Gasteiger partial charge in [0.25, 0.3) is 5.69 Å². The SMILES string of the molecule is CCCCCCCCCCCCCCc1ccc(NC(C)=O)c([N+](=O)[O-])c1. The molecule has 152 valence electrons. The number of amides is 1. The van der Waals surface area contributed by atoms with E-state index in [9.17, 15) is 14.9 Å². The molecule has 27 heavy (non-hydrogen) atoms. The Balaban J connectivity index is 2.17. The molecule has 1 aromatic rings. The lowest BCUT2D eigenvalue weighted by molar-refractivity contribution is -0.384. The van der Waals surface area contributed by atoms with E-state index >= 15 is 0 Å². The predicted octanol–water partition coefficient (Wildman–Crippen LogP) is 6.80. The molecule has 0 aliphatic heterocycles. The van der Waals surface area contributed by atoms with E-state index in [1.807, 2.05) is 6.07 Å². The fraction of sp³-hybridized carbons (Fsp3) is 0.682. The molecule has 0 fully saturated rings. The Kier molecular flexibility index (Phi) is 12.2. The van der Waals surface area contributed by atoms with Gasteiger partial charge in [0.1, 0.15) is 5.69 Å². The van der Waals surface area contributed by atoms with E-state index in [2.05, 4.69) is 12.2 Å². The van der Waals surface area contributed by atoms with Gasteiger partial charge in [0.15, 0.2) is 0 Å². The minimum Gasteiger partial charge on any atom is -0.321 e. The van der Waals surface area contributed by atoms with Crippen molar-refractivity contribution < 1.29 is 9.72 Å². The van der Waals surface area contributed by atoms with E-state index in [0.717, 1.165) is 24.8 Å². The Morgan fingerprint density at radius 3 is 1.93 bits per heavy atom. The molecular formula is C22H36N2O3. The number of nitro benzene ring substituents is 1. The molecule has 1 rings (SSSR count). The first kappa shape index (κ1) is 23.1. The first-order valence-corrected chi connectivity index (χ1v) is 10.6. The van der Waals surface area contributed by atoms with Crippen molar-refractivity contribution in [3.63, 3.8) is 0 Å². The van der Waals surface area contributed by atoms with Crippen LogP contribution >= 0.6 is 0 Å². The number of nitro groups is 1. The van der Waals surface area contributed by atoms with Crippen molar-refractivity contribution in [1.29, 1.82) is 0 Å². The Labute approximate surface area is 164 Å². The lowest BCUT2D eigenvalue weighted by Crippen LogP contribution is -2.08. The fourth-order valence-electron chi connectivity index (χ4n) is 3.35. The Hall–Kier alpha value is -1.91. The first-order chi connectivity index (χ1) is 13.0. The molecule has 0 aliphatic rings. The molecular weight excluding hydrogens is 340 g/mol. The van der Waals surface area contributed by atoms with Gasteiger partial charge in [-0.25, -0.2) is 0 Å². The van der Waals surface area contributed by atoms with Gasteiger partial charge in [-0.15, -0.1) is 0 Å². The summed E-state index contributed by atoms with van der Waals surface area (Å²) in [4.78, 5) is 21.9. The van der Waals surface area contributed by atoms with Gasteiger partial charge in [-0.05, 0) is 24.5 Å². The van der Waals surface area contributed by atoms with Gasteiger partial charge in [-0.3, -0.25) is 14.9 Å². The summed E-state index contributed by atoms with van der Waals surface area (Å²) in [6.07, 6.45) is 16.5. The zero-order valence-corrected chi connectivity index (χ0v) is 17.1. The predicted molar refractivity (Wildman–Crippen MR) is 112 cm³/mol. The first-order valence-electron chi connectivity index (χ1n) is 10.6. The zero-order valence-electron chi connectivity index (χ0n) is 17.1. The van der Waals surface area contributed by atoms with Crippen LogP contribution < -0.4 is 5.32 Å². The maximum absolute atomic E-state index is 11.2. The number of nitrogens with zero attached hydrogens (tertiary/aromatic N) is 1. The number of aryl methyl sites for hydroxylation is 1. The average Bonchev–Trinajstić information content (AvgIpc) is 2.63. The molecule has 0 aromatic heterocycles. The lowest BCUT2D eigenvalue weighted by atomic mass is 10.0. The summed E-state index contributed by atoms with van der Waals surface area (Å²) in [7, 11) is 0. The molecule has 1 amide bonds. The van der Waals surface area contributed by atoms with Gasteiger partial charge in [-0.1, -0.05) is 83.6 Å². The van der Waals surface area contributed by atoms with Crippen LogP contribution in [0.5, 0.6) is 0 Å². The van der Waals surface area contributed by atoms with Crippen molar-refractivity contribution in [3.05, 3.63) is 33.9 Å². The van der Waals surface area contributed by atoms with Crippen LogP contribution in [0.1, 0.15) is 96.5 Å². The molecule has 5 nitrogen and oxygen atoms in total. The second-order valence-electron chi connectivity index (χ2n) is 7.43. The number of carbonyl (C=O) groups excluding carboxylic acids is 1. The van der Waals surface area contributed by atoms with E-state index in [4.69, 9.17) is 0 Å². The van der Waals surface area contributed by atoms with Crippen LogP contribution in [0, 0.1) is 10.1 Å². The number of benzene rings is 1. The van der Waals surface area contributed by atoms with Crippen LogP contribution in [0.4, 0.5) is 11.4 Å². The third-order valence-electron chi connectivity index (χ3n) is 4.89. The smallest absolute Gasteiger partial charge is 0.293 e. The van der Waals surface area contributed by atoms with Crippen LogP contribution in [-0.4, -0.2) is 10.8 Å². The normalized spacial score (nSPS) is 10.7. The van der Waals surface area contributed by atoms with E-state index in [1.54, 1.807) is 12.1 Å². The van der Waals surface area contributed by atoms with E-state index in [1.165, 1.54) is 71.1 Å². The third kappa shape index (κ3) is 10.7. The summed E-state index contributed by atoms with van der Waals surface area (Å²) in [5, 5.41) is 13.7. The molecule has 0 unspecified atom stereocenters. The summed E-state index contributed by atoms with van der Waals surface area (Å²) in [6.45, 7) is 3.60. The number of unbranched alkanes of at least 4 members (excludes halogenated alkanes) is 11. The lowest BCUT2D eigenvalue weighted by Gasteiger charge is -2.07. The highest BCUT2D eigenvalue weighted by molar-refractivity contribution is 5.91. The molecule has 0 heterocycles. The zero-order chi connectivity index (χ0) is 19.9. The van der Waals surface area contributed by atoms with Gasteiger partial charge < -0.3 is 5.32 Å². The van der Waals surface area contributed by atoms with Crippen molar-refractivity contribution >= 4 is 17.3 Å². The van der Waals surface area contributed by atoms with Crippen LogP contribution in [0.15, 0.2) is 18.2 Å².